The SMILES string of the molecule is Cc1cnc2c(c1NCCN1CCOCC1)c(=O)n(C)c(=O)n2C. The van der Waals surface area contributed by atoms with E-state index < -0.39 is 0 Å². The second-order valence-corrected chi connectivity index (χ2v) is 6.10. The number of aromatic nitrogens is 3. The minimum atomic E-state index is -0.372. The van der Waals surface area contributed by atoms with Crippen LogP contribution in [0.1, 0.15) is 5.56 Å². The summed E-state index contributed by atoms with van der Waals surface area (Å²) >= 11 is 0. The Labute approximate surface area is 139 Å². The van der Waals surface area contributed by atoms with Gasteiger partial charge in [0.2, 0.25) is 0 Å². The lowest BCUT2D eigenvalue weighted by atomic mass is 10.2. The largest absolute Gasteiger partial charge is 0.383 e. The Morgan fingerprint density at radius 1 is 1.21 bits per heavy atom. The van der Waals surface area contributed by atoms with Crippen LogP contribution in [0.4, 0.5) is 5.69 Å². The van der Waals surface area contributed by atoms with Crippen molar-refractivity contribution < 1.29 is 4.74 Å². The molecule has 0 radical (unpaired) electrons. The molecule has 1 fully saturated rings. The maximum atomic E-state index is 12.6. The molecule has 1 N–H and O–H groups in total. The Kier molecular flexibility index (Phi) is 4.68. The quantitative estimate of drug-likeness (QED) is 0.826. The number of ether oxygens (including phenoxy) is 1. The molecule has 3 heterocycles. The fourth-order valence-electron chi connectivity index (χ4n) is 3.01. The van der Waals surface area contributed by atoms with Crippen LogP contribution in [-0.2, 0) is 18.8 Å². The number of nitrogens with one attached hydrogen (secondary N) is 1. The number of fused-ring (bicyclic) bond motifs is 1. The number of pyridine rings is 1. The highest BCUT2D eigenvalue weighted by Gasteiger charge is 2.16. The van der Waals surface area contributed by atoms with E-state index in [1.54, 1.807) is 13.2 Å². The smallest absolute Gasteiger partial charge is 0.332 e. The third-order valence-corrected chi connectivity index (χ3v) is 4.49. The molecule has 0 atom stereocenters. The maximum absolute atomic E-state index is 12.6. The van der Waals surface area contributed by atoms with Gasteiger partial charge in [0.15, 0.2) is 5.65 Å². The van der Waals surface area contributed by atoms with E-state index in [-0.39, 0.29) is 11.2 Å². The van der Waals surface area contributed by atoms with Gasteiger partial charge in [-0.3, -0.25) is 18.8 Å². The summed E-state index contributed by atoms with van der Waals surface area (Å²) in [6.45, 7) is 6.88. The number of rotatable bonds is 4. The molecule has 1 saturated heterocycles. The van der Waals surface area contributed by atoms with Crippen LogP contribution in [0.15, 0.2) is 15.8 Å². The lowest BCUT2D eigenvalue weighted by molar-refractivity contribution is 0.0398. The summed E-state index contributed by atoms with van der Waals surface area (Å²) in [5.74, 6) is 0. The van der Waals surface area contributed by atoms with E-state index in [0.29, 0.717) is 17.6 Å². The van der Waals surface area contributed by atoms with Gasteiger partial charge in [-0.25, -0.2) is 9.78 Å². The number of anilines is 1. The maximum Gasteiger partial charge on any atom is 0.332 e. The monoisotopic (exact) mass is 333 g/mol. The highest BCUT2D eigenvalue weighted by molar-refractivity contribution is 5.89. The molecule has 3 rings (SSSR count). The van der Waals surface area contributed by atoms with Crippen molar-refractivity contribution in [2.75, 3.05) is 44.7 Å². The molecule has 8 nitrogen and oxygen atoms in total. The van der Waals surface area contributed by atoms with Gasteiger partial charge in [0.1, 0.15) is 5.39 Å². The molecule has 1 aliphatic rings. The number of aryl methyl sites for hydroxylation is 2. The second-order valence-electron chi connectivity index (χ2n) is 6.10. The second kappa shape index (κ2) is 6.74. The zero-order valence-corrected chi connectivity index (χ0v) is 14.3. The first kappa shape index (κ1) is 16.7. The molecular weight excluding hydrogens is 310 g/mol. The molecular formula is C16H23N5O3. The molecule has 8 heteroatoms. The number of hydrogen-bond donors (Lipinski definition) is 1. The van der Waals surface area contributed by atoms with Crippen LogP contribution in [0.2, 0.25) is 0 Å². The van der Waals surface area contributed by atoms with Crippen molar-refractivity contribution in [1.29, 1.82) is 0 Å². The third kappa shape index (κ3) is 2.94. The summed E-state index contributed by atoms with van der Waals surface area (Å²) in [6, 6.07) is 0. The first-order valence-corrected chi connectivity index (χ1v) is 8.10. The van der Waals surface area contributed by atoms with Crippen LogP contribution in [-0.4, -0.2) is 58.4 Å². The normalized spacial score (nSPS) is 15.8. The van der Waals surface area contributed by atoms with Crippen LogP contribution < -0.4 is 16.6 Å². The molecule has 24 heavy (non-hydrogen) atoms. The average molecular weight is 333 g/mol. The lowest BCUT2D eigenvalue weighted by Crippen LogP contribution is -2.39. The van der Waals surface area contributed by atoms with E-state index in [9.17, 15) is 9.59 Å². The molecule has 0 amide bonds. The predicted molar refractivity (Wildman–Crippen MR) is 92.7 cm³/mol. The van der Waals surface area contributed by atoms with E-state index in [0.717, 1.165) is 48.7 Å². The van der Waals surface area contributed by atoms with Gasteiger partial charge in [-0.1, -0.05) is 0 Å². The summed E-state index contributed by atoms with van der Waals surface area (Å²) in [4.78, 5) is 31.3. The summed E-state index contributed by atoms with van der Waals surface area (Å²) < 4.78 is 7.88. The molecule has 0 bridgehead atoms. The van der Waals surface area contributed by atoms with E-state index >= 15 is 0 Å². The number of hydrogen-bond acceptors (Lipinski definition) is 6. The molecule has 1 aliphatic heterocycles. The minimum absolute atomic E-state index is 0.321. The van der Waals surface area contributed by atoms with Crippen LogP contribution in [0.25, 0.3) is 11.0 Å². The van der Waals surface area contributed by atoms with Gasteiger partial charge in [-0.2, -0.15) is 0 Å². The van der Waals surface area contributed by atoms with Gasteiger partial charge >= 0.3 is 5.69 Å². The molecule has 2 aromatic rings. The summed E-state index contributed by atoms with van der Waals surface area (Å²) in [6.07, 6.45) is 1.69. The van der Waals surface area contributed by atoms with Crippen LogP contribution in [0.5, 0.6) is 0 Å². The Morgan fingerprint density at radius 3 is 2.62 bits per heavy atom. The van der Waals surface area contributed by atoms with E-state index in [2.05, 4.69) is 15.2 Å². The highest BCUT2D eigenvalue weighted by Crippen LogP contribution is 2.21. The Bertz CT molecular complexity index is 865. The van der Waals surface area contributed by atoms with Crippen LogP contribution in [0.3, 0.4) is 0 Å². The number of morpholine rings is 1. The zero-order valence-electron chi connectivity index (χ0n) is 14.3. The van der Waals surface area contributed by atoms with Gasteiger partial charge in [-0.15, -0.1) is 0 Å². The molecule has 0 aromatic carbocycles. The Hall–Kier alpha value is -2.19. The molecule has 0 spiro atoms. The van der Waals surface area contributed by atoms with E-state index in [4.69, 9.17) is 4.74 Å². The standard InChI is InChI=1S/C16H23N5O3/c1-11-10-18-14-12(15(22)20(3)16(23)19(14)2)13(11)17-4-5-21-6-8-24-9-7-21/h10H,4-9H2,1-3H3,(H,17,18). The Morgan fingerprint density at radius 2 is 1.92 bits per heavy atom. The summed E-state index contributed by atoms with van der Waals surface area (Å²) in [5.41, 5.74) is 1.36. The fraction of sp³-hybridized carbons (Fsp3) is 0.562. The van der Waals surface area contributed by atoms with Crippen molar-refractivity contribution in [2.45, 2.75) is 6.92 Å². The van der Waals surface area contributed by atoms with Gasteiger partial charge in [-0.05, 0) is 12.5 Å². The minimum Gasteiger partial charge on any atom is -0.383 e. The fourth-order valence-corrected chi connectivity index (χ4v) is 3.01. The van der Waals surface area contributed by atoms with Crippen LogP contribution >= 0.6 is 0 Å². The zero-order chi connectivity index (χ0) is 17.3. The molecule has 130 valence electrons. The van der Waals surface area contributed by atoms with E-state index in [1.807, 2.05) is 6.92 Å². The first-order valence-electron chi connectivity index (χ1n) is 8.10. The van der Waals surface area contributed by atoms with Crippen molar-refractivity contribution in [2.24, 2.45) is 14.1 Å². The molecule has 0 saturated carbocycles. The highest BCUT2D eigenvalue weighted by atomic mass is 16.5. The topological polar surface area (TPSA) is 81.4 Å². The average Bonchev–Trinajstić information content (AvgIpc) is 2.60. The number of nitrogens with zero attached hydrogens (tertiary/aromatic N) is 4. The van der Waals surface area contributed by atoms with Crippen molar-refractivity contribution in [1.82, 2.24) is 19.0 Å². The van der Waals surface area contributed by atoms with E-state index in [1.165, 1.54) is 11.6 Å². The van der Waals surface area contributed by atoms with Gasteiger partial charge in [0, 0.05) is 46.5 Å². The first-order chi connectivity index (χ1) is 11.5. The van der Waals surface area contributed by atoms with Gasteiger partial charge < -0.3 is 10.1 Å². The van der Waals surface area contributed by atoms with Gasteiger partial charge in [0.05, 0.1) is 18.9 Å². The van der Waals surface area contributed by atoms with Crippen molar-refractivity contribution in [3.8, 4) is 0 Å². The predicted octanol–water partition coefficient (Wildman–Crippen LogP) is -0.315. The Balaban J connectivity index is 1.93. The van der Waals surface area contributed by atoms with Crippen molar-refractivity contribution in [3.05, 3.63) is 32.6 Å². The molecule has 0 aliphatic carbocycles. The van der Waals surface area contributed by atoms with Gasteiger partial charge in [0.25, 0.3) is 5.56 Å². The van der Waals surface area contributed by atoms with Crippen molar-refractivity contribution in [3.63, 3.8) is 0 Å². The molecule has 0 unspecified atom stereocenters. The molecule has 2 aromatic heterocycles. The third-order valence-electron chi connectivity index (χ3n) is 4.49. The summed E-state index contributed by atoms with van der Waals surface area (Å²) in [7, 11) is 3.12. The van der Waals surface area contributed by atoms with Crippen molar-refractivity contribution >= 4 is 16.7 Å². The van der Waals surface area contributed by atoms with Crippen LogP contribution in [0, 0.1) is 6.92 Å². The lowest BCUT2D eigenvalue weighted by Gasteiger charge is -2.26. The summed E-state index contributed by atoms with van der Waals surface area (Å²) in [5, 5.41) is 3.83.